The zero-order valence-corrected chi connectivity index (χ0v) is 10.8. The molecular weight excluding hydrogens is 307 g/mol. The molecular formula is C11H8BrFN2O3. The van der Waals surface area contributed by atoms with E-state index in [4.69, 9.17) is 0 Å². The average molecular weight is 315 g/mol. The molecule has 2 rings (SSSR count). The highest BCUT2D eigenvalue weighted by molar-refractivity contribution is 9.10. The summed E-state index contributed by atoms with van der Waals surface area (Å²) >= 11 is 3.07. The maximum atomic E-state index is 13.7. The van der Waals surface area contributed by atoms with Gasteiger partial charge in [0, 0.05) is 4.47 Å². The van der Waals surface area contributed by atoms with E-state index in [9.17, 15) is 18.8 Å². The van der Waals surface area contributed by atoms with Crippen molar-refractivity contribution in [3.8, 4) is 0 Å². The molecule has 0 saturated carbocycles. The zero-order chi connectivity index (χ0) is 13.4. The summed E-state index contributed by atoms with van der Waals surface area (Å²) in [5.41, 5.74) is -0.195. The van der Waals surface area contributed by atoms with Gasteiger partial charge in [-0.2, -0.15) is 0 Å². The first-order chi connectivity index (χ1) is 8.43. The first-order valence-corrected chi connectivity index (χ1v) is 5.85. The molecule has 1 heterocycles. The number of urea groups is 1. The van der Waals surface area contributed by atoms with Crippen molar-refractivity contribution in [2.75, 3.05) is 4.90 Å². The van der Waals surface area contributed by atoms with E-state index in [0.29, 0.717) is 4.90 Å². The highest BCUT2D eigenvalue weighted by atomic mass is 79.9. The van der Waals surface area contributed by atoms with E-state index in [0.717, 1.165) is 6.07 Å². The van der Waals surface area contributed by atoms with Crippen LogP contribution in [0, 0.1) is 11.7 Å². The van der Waals surface area contributed by atoms with Gasteiger partial charge in [-0.1, -0.05) is 6.07 Å². The van der Waals surface area contributed by atoms with Crippen LogP contribution in [-0.2, 0) is 9.59 Å². The molecule has 1 atom stereocenters. The van der Waals surface area contributed by atoms with Crippen molar-refractivity contribution in [3.05, 3.63) is 28.5 Å². The number of halogens is 2. The number of nitrogens with zero attached hydrogens (tertiary/aromatic N) is 1. The Kier molecular flexibility index (Phi) is 3.16. The quantitative estimate of drug-likeness (QED) is 0.804. The minimum atomic E-state index is -1.03. The molecule has 1 unspecified atom stereocenters. The predicted octanol–water partition coefficient (Wildman–Crippen LogP) is 1.81. The van der Waals surface area contributed by atoms with E-state index < -0.39 is 29.6 Å². The average Bonchev–Trinajstić information content (AvgIpc) is 2.30. The Morgan fingerprint density at radius 2 is 2.00 bits per heavy atom. The number of rotatable bonds is 1. The molecule has 0 spiro atoms. The highest BCUT2D eigenvalue weighted by Crippen LogP contribution is 2.31. The van der Waals surface area contributed by atoms with Gasteiger partial charge in [-0.3, -0.25) is 14.9 Å². The Balaban J connectivity index is 2.53. The van der Waals surface area contributed by atoms with Gasteiger partial charge in [0.25, 0.3) is 0 Å². The lowest BCUT2D eigenvalue weighted by Crippen LogP contribution is -2.57. The van der Waals surface area contributed by atoms with Crippen LogP contribution in [0.25, 0.3) is 0 Å². The summed E-state index contributed by atoms with van der Waals surface area (Å²) < 4.78 is 14.0. The van der Waals surface area contributed by atoms with Crippen molar-refractivity contribution in [1.82, 2.24) is 5.32 Å². The minimum absolute atomic E-state index is 0.195. The normalized spacial score (nSPS) is 20.1. The van der Waals surface area contributed by atoms with E-state index in [1.165, 1.54) is 19.1 Å². The van der Waals surface area contributed by atoms with Crippen LogP contribution in [0.2, 0.25) is 0 Å². The molecule has 7 heteroatoms. The van der Waals surface area contributed by atoms with Crippen LogP contribution in [0.15, 0.2) is 22.7 Å². The number of hydrogen-bond donors (Lipinski definition) is 1. The second-order valence-corrected chi connectivity index (χ2v) is 4.61. The number of barbiturate groups is 1. The van der Waals surface area contributed by atoms with Crippen LogP contribution in [0.1, 0.15) is 6.92 Å². The summed E-state index contributed by atoms with van der Waals surface area (Å²) in [4.78, 5) is 35.5. The molecule has 1 saturated heterocycles. The van der Waals surface area contributed by atoms with E-state index in [1.54, 1.807) is 0 Å². The molecule has 1 aliphatic rings. The van der Waals surface area contributed by atoms with Gasteiger partial charge in [0.1, 0.15) is 17.4 Å². The minimum Gasteiger partial charge on any atom is -0.277 e. The molecule has 0 aliphatic carbocycles. The fraction of sp³-hybridized carbons (Fsp3) is 0.182. The number of imide groups is 2. The standard InChI is InChI=1S/C11H8BrFN2O3/c1-5-9(16)14-11(18)15(10(5)17)8-6(12)3-2-4-7(8)13/h2-5H,1H3,(H,14,16,18). The molecule has 0 radical (unpaired) electrons. The van der Waals surface area contributed by atoms with Crippen molar-refractivity contribution >= 4 is 39.5 Å². The third-order valence-corrected chi connectivity index (χ3v) is 3.22. The van der Waals surface area contributed by atoms with Crippen molar-refractivity contribution in [2.45, 2.75) is 6.92 Å². The van der Waals surface area contributed by atoms with Crippen LogP contribution >= 0.6 is 15.9 Å². The molecule has 1 N–H and O–H groups in total. The van der Waals surface area contributed by atoms with Gasteiger partial charge in [0.2, 0.25) is 11.8 Å². The predicted molar refractivity (Wildman–Crippen MR) is 64.3 cm³/mol. The third-order valence-electron chi connectivity index (χ3n) is 2.58. The first kappa shape index (κ1) is 12.7. The summed E-state index contributed by atoms with van der Waals surface area (Å²) in [5.74, 6) is -3.20. The number of anilines is 1. The summed E-state index contributed by atoms with van der Waals surface area (Å²) in [5, 5.41) is 2.00. The molecule has 18 heavy (non-hydrogen) atoms. The molecule has 4 amide bonds. The Morgan fingerprint density at radius 3 is 2.61 bits per heavy atom. The SMILES string of the molecule is CC1C(=O)NC(=O)N(c2c(F)cccc2Br)C1=O. The maximum Gasteiger partial charge on any atom is 0.335 e. The van der Waals surface area contributed by atoms with Gasteiger partial charge in [-0.05, 0) is 35.0 Å². The zero-order valence-electron chi connectivity index (χ0n) is 9.24. The number of nitrogens with one attached hydrogen (secondary N) is 1. The first-order valence-electron chi connectivity index (χ1n) is 5.06. The Bertz CT molecular complexity index is 541. The lowest BCUT2D eigenvalue weighted by molar-refractivity contribution is -0.133. The van der Waals surface area contributed by atoms with E-state index in [-0.39, 0.29) is 10.2 Å². The molecule has 1 aromatic carbocycles. The van der Waals surface area contributed by atoms with Crippen molar-refractivity contribution in [2.24, 2.45) is 5.92 Å². The van der Waals surface area contributed by atoms with Crippen LogP contribution in [-0.4, -0.2) is 17.8 Å². The lowest BCUT2D eigenvalue weighted by Gasteiger charge is -2.29. The Labute approximate surface area is 110 Å². The highest BCUT2D eigenvalue weighted by Gasteiger charge is 2.40. The molecule has 0 aromatic heterocycles. The molecule has 1 fully saturated rings. The topological polar surface area (TPSA) is 66.5 Å². The molecule has 1 aliphatic heterocycles. The smallest absolute Gasteiger partial charge is 0.277 e. The summed E-state index contributed by atoms with van der Waals surface area (Å²) in [6, 6.07) is 3.11. The van der Waals surface area contributed by atoms with Crippen LogP contribution < -0.4 is 10.2 Å². The summed E-state index contributed by atoms with van der Waals surface area (Å²) in [6.45, 7) is 1.35. The lowest BCUT2D eigenvalue weighted by atomic mass is 10.1. The number of hydrogen-bond acceptors (Lipinski definition) is 3. The Morgan fingerprint density at radius 1 is 1.33 bits per heavy atom. The largest absolute Gasteiger partial charge is 0.335 e. The van der Waals surface area contributed by atoms with Crippen molar-refractivity contribution in [1.29, 1.82) is 0 Å². The number of para-hydroxylation sites is 1. The van der Waals surface area contributed by atoms with E-state index in [1.807, 2.05) is 5.32 Å². The Hall–Kier alpha value is -1.76. The third kappa shape index (κ3) is 1.90. The van der Waals surface area contributed by atoms with Crippen LogP contribution in [0.3, 0.4) is 0 Å². The molecule has 94 valence electrons. The second-order valence-electron chi connectivity index (χ2n) is 3.76. The van der Waals surface area contributed by atoms with Crippen molar-refractivity contribution in [3.63, 3.8) is 0 Å². The molecule has 0 bridgehead atoms. The van der Waals surface area contributed by atoms with Gasteiger partial charge in [-0.15, -0.1) is 0 Å². The molecule has 1 aromatic rings. The van der Waals surface area contributed by atoms with E-state index >= 15 is 0 Å². The van der Waals surface area contributed by atoms with Gasteiger partial charge < -0.3 is 0 Å². The van der Waals surface area contributed by atoms with Gasteiger partial charge in [-0.25, -0.2) is 14.1 Å². The fourth-order valence-corrected chi connectivity index (χ4v) is 2.11. The monoisotopic (exact) mass is 314 g/mol. The van der Waals surface area contributed by atoms with E-state index in [2.05, 4.69) is 15.9 Å². The number of carbonyl (C=O) groups excluding carboxylic acids is 3. The number of amides is 4. The van der Waals surface area contributed by atoms with Crippen LogP contribution in [0.4, 0.5) is 14.9 Å². The fourth-order valence-electron chi connectivity index (χ4n) is 1.59. The van der Waals surface area contributed by atoms with Crippen molar-refractivity contribution < 1.29 is 18.8 Å². The summed E-state index contributed by atoms with van der Waals surface area (Å²) in [7, 11) is 0. The maximum absolute atomic E-state index is 13.7. The molecule has 5 nitrogen and oxygen atoms in total. The number of benzene rings is 1. The number of carbonyl (C=O) groups is 3. The van der Waals surface area contributed by atoms with Gasteiger partial charge in [0.15, 0.2) is 0 Å². The van der Waals surface area contributed by atoms with Gasteiger partial charge >= 0.3 is 6.03 Å². The summed E-state index contributed by atoms with van der Waals surface area (Å²) in [6.07, 6.45) is 0. The van der Waals surface area contributed by atoms with Crippen LogP contribution in [0.5, 0.6) is 0 Å². The second kappa shape index (κ2) is 4.49. The van der Waals surface area contributed by atoms with Gasteiger partial charge in [0.05, 0.1) is 0 Å².